The summed E-state index contributed by atoms with van der Waals surface area (Å²) in [6, 6.07) is 7.97. The molecule has 3 nitrogen and oxygen atoms in total. The highest BCUT2D eigenvalue weighted by atomic mass is 19.4. The Kier molecular flexibility index (Phi) is 4.24. The topological polar surface area (TPSA) is 42.4 Å². The van der Waals surface area contributed by atoms with E-state index in [0.29, 0.717) is 17.0 Å². The molecule has 106 valence electrons. The zero-order valence-electron chi connectivity index (χ0n) is 10.4. The van der Waals surface area contributed by atoms with Crippen LogP contribution >= 0.6 is 0 Å². The van der Waals surface area contributed by atoms with Gasteiger partial charge in [-0.05, 0) is 23.8 Å². The molecule has 0 unspecified atom stereocenters. The summed E-state index contributed by atoms with van der Waals surface area (Å²) in [6.45, 7) is -0.0511. The number of hydrogen-bond donors (Lipinski definition) is 1. The smallest absolute Gasteiger partial charge is 0.416 e. The molecule has 20 heavy (non-hydrogen) atoms. The summed E-state index contributed by atoms with van der Waals surface area (Å²) in [7, 11) is 0. The van der Waals surface area contributed by atoms with Gasteiger partial charge >= 0.3 is 6.18 Å². The fourth-order valence-electron chi connectivity index (χ4n) is 1.59. The van der Waals surface area contributed by atoms with Crippen molar-refractivity contribution in [2.75, 3.05) is 0 Å². The van der Waals surface area contributed by atoms with Crippen LogP contribution in [0.2, 0.25) is 0 Å². The number of nitrogens with zero attached hydrogens (tertiary/aromatic N) is 1. The number of hydrogen-bond acceptors (Lipinski definition) is 3. The van der Waals surface area contributed by atoms with E-state index in [1.165, 1.54) is 18.3 Å². The van der Waals surface area contributed by atoms with Gasteiger partial charge in [0.25, 0.3) is 0 Å². The number of halogens is 3. The maximum atomic E-state index is 12.4. The van der Waals surface area contributed by atoms with Crippen LogP contribution in [0.5, 0.6) is 5.75 Å². The van der Waals surface area contributed by atoms with Gasteiger partial charge in [0.15, 0.2) is 0 Å². The van der Waals surface area contributed by atoms with E-state index in [2.05, 4.69) is 4.98 Å². The van der Waals surface area contributed by atoms with Crippen molar-refractivity contribution in [1.29, 1.82) is 0 Å². The molecule has 1 heterocycles. The molecule has 6 heteroatoms. The van der Waals surface area contributed by atoms with Crippen molar-refractivity contribution in [3.05, 3.63) is 59.4 Å². The van der Waals surface area contributed by atoms with E-state index in [0.717, 1.165) is 12.1 Å². The van der Waals surface area contributed by atoms with Crippen LogP contribution in [-0.4, -0.2) is 10.1 Å². The Hall–Kier alpha value is -2.08. The highest BCUT2D eigenvalue weighted by molar-refractivity contribution is 5.26. The lowest BCUT2D eigenvalue weighted by atomic mass is 10.1. The predicted molar refractivity (Wildman–Crippen MR) is 65.9 cm³/mol. The van der Waals surface area contributed by atoms with Crippen molar-refractivity contribution in [1.82, 2.24) is 4.98 Å². The molecule has 0 amide bonds. The van der Waals surface area contributed by atoms with E-state index >= 15 is 0 Å². The molecule has 1 N–H and O–H groups in total. The third-order valence-corrected chi connectivity index (χ3v) is 2.64. The largest absolute Gasteiger partial charge is 0.489 e. The Labute approximate surface area is 113 Å². The van der Waals surface area contributed by atoms with Crippen molar-refractivity contribution in [3.8, 4) is 5.75 Å². The lowest BCUT2D eigenvalue weighted by Crippen LogP contribution is -2.05. The summed E-state index contributed by atoms with van der Waals surface area (Å²) in [5, 5.41) is 8.93. The first-order chi connectivity index (χ1) is 9.49. The Morgan fingerprint density at radius 3 is 2.40 bits per heavy atom. The van der Waals surface area contributed by atoms with Crippen molar-refractivity contribution >= 4 is 0 Å². The lowest BCUT2D eigenvalue weighted by molar-refractivity contribution is -0.137. The molecule has 2 aromatic rings. The van der Waals surface area contributed by atoms with Crippen LogP contribution in [0.15, 0.2) is 42.6 Å². The van der Waals surface area contributed by atoms with Crippen LogP contribution in [-0.2, 0) is 19.4 Å². The van der Waals surface area contributed by atoms with Gasteiger partial charge in [-0.3, -0.25) is 4.98 Å². The number of pyridine rings is 1. The summed E-state index contributed by atoms with van der Waals surface area (Å²) in [5.41, 5.74) is 0.406. The minimum Gasteiger partial charge on any atom is -0.489 e. The number of benzene rings is 1. The molecule has 1 aromatic heterocycles. The second kappa shape index (κ2) is 5.92. The van der Waals surface area contributed by atoms with Gasteiger partial charge in [-0.1, -0.05) is 12.1 Å². The van der Waals surface area contributed by atoms with E-state index in [4.69, 9.17) is 9.84 Å². The van der Waals surface area contributed by atoms with E-state index in [-0.39, 0.29) is 13.2 Å². The minimum absolute atomic E-state index is 0.146. The first-order valence-electron chi connectivity index (χ1n) is 5.84. The molecule has 0 spiro atoms. The number of aromatic nitrogens is 1. The quantitative estimate of drug-likeness (QED) is 0.937. The molecule has 0 aliphatic carbocycles. The van der Waals surface area contributed by atoms with Gasteiger partial charge in [-0.15, -0.1) is 0 Å². The SMILES string of the molecule is OCc1cc(OCc2ccc(C(F)(F)F)cc2)ccn1. The number of ether oxygens (including phenoxy) is 1. The molecule has 0 aliphatic heterocycles. The average molecular weight is 283 g/mol. The molecular weight excluding hydrogens is 271 g/mol. The zero-order chi connectivity index (χ0) is 14.6. The number of aliphatic hydroxyl groups is 1. The molecule has 0 atom stereocenters. The Balaban J connectivity index is 2.00. The monoisotopic (exact) mass is 283 g/mol. The van der Waals surface area contributed by atoms with Crippen LogP contribution in [0.3, 0.4) is 0 Å². The third-order valence-electron chi connectivity index (χ3n) is 2.64. The molecule has 0 saturated heterocycles. The summed E-state index contributed by atoms with van der Waals surface area (Å²) >= 11 is 0. The molecule has 0 aliphatic rings. The van der Waals surface area contributed by atoms with E-state index in [1.54, 1.807) is 12.1 Å². The Morgan fingerprint density at radius 1 is 1.10 bits per heavy atom. The van der Waals surface area contributed by atoms with E-state index < -0.39 is 11.7 Å². The second-order valence-corrected chi connectivity index (χ2v) is 4.12. The Morgan fingerprint density at radius 2 is 1.80 bits per heavy atom. The summed E-state index contributed by atoms with van der Waals surface area (Å²) in [4.78, 5) is 3.90. The van der Waals surface area contributed by atoms with Gasteiger partial charge in [-0.25, -0.2) is 0 Å². The van der Waals surface area contributed by atoms with Crippen molar-refractivity contribution < 1.29 is 23.0 Å². The first kappa shape index (κ1) is 14.3. The summed E-state index contributed by atoms with van der Waals surface area (Å²) in [5.74, 6) is 0.504. The van der Waals surface area contributed by atoms with Gasteiger partial charge in [0, 0.05) is 12.3 Å². The molecule has 0 saturated carbocycles. The van der Waals surface area contributed by atoms with Crippen molar-refractivity contribution in [2.45, 2.75) is 19.4 Å². The Bertz CT molecular complexity index is 567. The van der Waals surface area contributed by atoms with Crippen LogP contribution in [0, 0.1) is 0 Å². The number of aliphatic hydroxyl groups excluding tert-OH is 1. The molecule has 0 radical (unpaired) electrons. The zero-order valence-corrected chi connectivity index (χ0v) is 10.4. The van der Waals surface area contributed by atoms with Crippen LogP contribution in [0.25, 0.3) is 0 Å². The maximum Gasteiger partial charge on any atom is 0.416 e. The molecular formula is C14H12F3NO2. The van der Waals surface area contributed by atoms with Crippen LogP contribution < -0.4 is 4.74 Å². The predicted octanol–water partition coefficient (Wildman–Crippen LogP) is 3.17. The van der Waals surface area contributed by atoms with Gasteiger partial charge in [0.1, 0.15) is 12.4 Å². The van der Waals surface area contributed by atoms with E-state index in [1.807, 2.05) is 0 Å². The summed E-state index contributed by atoms with van der Waals surface area (Å²) in [6.07, 6.45) is -2.84. The summed E-state index contributed by atoms with van der Waals surface area (Å²) < 4.78 is 42.6. The van der Waals surface area contributed by atoms with Gasteiger partial charge in [0.05, 0.1) is 17.9 Å². The van der Waals surface area contributed by atoms with Crippen LogP contribution in [0.4, 0.5) is 13.2 Å². The lowest BCUT2D eigenvalue weighted by Gasteiger charge is -2.09. The van der Waals surface area contributed by atoms with Crippen molar-refractivity contribution in [3.63, 3.8) is 0 Å². The molecule has 0 bridgehead atoms. The van der Waals surface area contributed by atoms with Gasteiger partial charge in [-0.2, -0.15) is 13.2 Å². The number of rotatable bonds is 4. The average Bonchev–Trinajstić information content (AvgIpc) is 2.45. The second-order valence-electron chi connectivity index (χ2n) is 4.12. The minimum atomic E-state index is -4.33. The van der Waals surface area contributed by atoms with E-state index in [9.17, 15) is 13.2 Å². The standard InChI is InChI=1S/C14H12F3NO2/c15-14(16,17)11-3-1-10(2-4-11)9-20-13-5-6-18-12(7-13)8-19/h1-7,19H,8-9H2. The molecule has 2 rings (SSSR count). The number of alkyl halides is 3. The first-order valence-corrected chi connectivity index (χ1v) is 5.84. The van der Waals surface area contributed by atoms with Gasteiger partial charge < -0.3 is 9.84 Å². The normalized spacial score (nSPS) is 11.4. The highest BCUT2D eigenvalue weighted by Gasteiger charge is 2.29. The third kappa shape index (κ3) is 3.71. The highest BCUT2D eigenvalue weighted by Crippen LogP contribution is 2.29. The fraction of sp³-hybridized carbons (Fsp3) is 0.214. The maximum absolute atomic E-state index is 12.4. The van der Waals surface area contributed by atoms with Gasteiger partial charge in [0.2, 0.25) is 0 Å². The van der Waals surface area contributed by atoms with Crippen LogP contribution in [0.1, 0.15) is 16.8 Å². The molecule has 0 fully saturated rings. The molecule has 1 aromatic carbocycles. The fourth-order valence-corrected chi connectivity index (χ4v) is 1.59. The van der Waals surface area contributed by atoms with Crippen molar-refractivity contribution in [2.24, 2.45) is 0 Å².